The average molecular weight is 315 g/mol. The van der Waals surface area contributed by atoms with Gasteiger partial charge in [0, 0.05) is 24.9 Å². The van der Waals surface area contributed by atoms with E-state index in [2.05, 4.69) is 12.2 Å². The van der Waals surface area contributed by atoms with Crippen LogP contribution < -0.4 is 5.32 Å². The number of nitrogens with one attached hydrogen (secondary N) is 1. The van der Waals surface area contributed by atoms with Crippen molar-refractivity contribution in [2.24, 2.45) is 0 Å². The predicted molar refractivity (Wildman–Crippen MR) is 86.9 cm³/mol. The van der Waals surface area contributed by atoms with E-state index in [-0.39, 0.29) is 23.1 Å². The van der Waals surface area contributed by atoms with E-state index in [1.54, 1.807) is 6.92 Å². The lowest BCUT2D eigenvalue weighted by Gasteiger charge is -2.15. The molecule has 0 radical (unpaired) electrons. The molecule has 23 heavy (non-hydrogen) atoms. The van der Waals surface area contributed by atoms with Crippen molar-refractivity contribution in [2.45, 2.75) is 32.6 Å². The van der Waals surface area contributed by atoms with Gasteiger partial charge in [0.15, 0.2) is 5.76 Å². The van der Waals surface area contributed by atoms with Gasteiger partial charge in [0.05, 0.1) is 0 Å². The molecule has 0 aliphatic rings. The quantitative estimate of drug-likeness (QED) is 0.820. The zero-order valence-electron chi connectivity index (χ0n) is 13.3. The third-order valence-electron chi connectivity index (χ3n) is 3.86. The summed E-state index contributed by atoms with van der Waals surface area (Å²) in [6.45, 7) is 4.33. The van der Waals surface area contributed by atoms with Gasteiger partial charge in [-0.15, -0.1) is 0 Å². The molecule has 0 saturated carbocycles. The average Bonchev–Trinajstić information content (AvgIpc) is 3.01. The molecule has 0 aliphatic heterocycles. The Bertz CT molecular complexity index is 676. The van der Waals surface area contributed by atoms with Crippen molar-refractivity contribution >= 4 is 11.9 Å². The number of aromatic carboxylic acids is 1. The molecule has 2 N–H and O–H groups in total. The number of carbonyl (C=O) groups is 2. The number of carboxylic acid groups (broad SMARTS) is 1. The highest BCUT2D eigenvalue weighted by atomic mass is 16.4. The van der Waals surface area contributed by atoms with E-state index in [0.29, 0.717) is 18.7 Å². The highest BCUT2D eigenvalue weighted by Gasteiger charge is 2.20. The van der Waals surface area contributed by atoms with Crippen molar-refractivity contribution in [1.82, 2.24) is 5.32 Å². The lowest BCUT2D eigenvalue weighted by Crippen LogP contribution is -2.28. The second-order valence-corrected chi connectivity index (χ2v) is 5.33. The topological polar surface area (TPSA) is 79.5 Å². The minimum atomic E-state index is -1.08. The zero-order chi connectivity index (χ0) is 16.8. The van der Waals surface area contributed by atoms with Gasteiger partial charge in [-0.25, -0.2) is 4.79 Å². The summed E-state index contributed by atoms with van der Waals surface area (Å²) in [5, 5.41) is 11.9. The molecule has 1 unspecified atom stereocenters. The smallest absolute Gasteiger partial charge is 0.339 e. The van der Waals surface area contributed by atoms with Crippen LogP contribution in [0.5, 0.6) is 0 Å². The molecule has 5 heteroatoms. The van der Waals surface area contributed by atoms with Crippen molar-refractivity contribution < 1.29 is 19.1 Å². The van der Waals surface area contributed by atoms with Crippen LogP contribution in [0.2, 0.25) is 0 Å². The fourth-order valence-corrected chi connectivity index (χ4v) is 2.51. The molecular weight excluding hydrogens is 294 g/mol. The maximum absolute atomic E-state index is 12.2. The van der Waals surface area contributed by atoms with Crippen molar-refractivity contribution in [3.63, 3.8) is 0 Å². The number of furan rings is 1. The van der Waals surface area contributed by atoms with Gasteiger partial charge in [-0.1, -0.05) is 44.2 Å². The van der Waals surface area contributed by atoms with E-state index in [4.69, 9.17) is 9.52 Å². The Morgan fingerprint density at radius 3 is 2.43 bits per heavy atom. The molecule has 0 bridgehead atoms. The summed E-state index contributed by atoms with van der Waals surface area (Å²) in [6, 6.07) is 11.3. The van der Waals surface area contributed by atoms with Crippen LogP contribution in [0.4, 0.5) is 0 Å². The molecule has 1 amide bonds. The fraction of sp³-hybridized carbons (Fsp3) is 0.333. The van der Waals surface area contributed by atoms with Gasteiger partial charge in [0.25, 0.3) is 5.91 Å². The molecule has 5 nitrogen and oxygen atoms in total. The largest absolute Gasteiger partial charge is 0.478 e. The second-order valence-electron chi connectivity index (χ2n) is 5.33. The van der Waals surface area contributed by atoms with Crippen molar-refractivity contribution in [1.29, 1.82) is 0 Å². The van der Waals surface area contributed by atoms with Crippen LogP contribution in [0.15, 0.2) is 40.8 Å². The van der Waals surface area contributed by atoms with Crippen molar-refractivity contribution in [2.75, 3.05) is 6.54 Å². The fourth-order valence-electron chi connectivity index (χ4n) is 2.51. The lowest BCUT2D eigenvalue weighted by molar-refractivity contribution is 0.0694. The Labute approximate surface area is 135 Å². The Kier molecular flexibility index (Phi) is 5.57. The Morgan fingerprint density at radius 2 is 1.91 bits per heavy atom. The van der Waals surface area contributed by atoms with E-state index < -0.39 is 5.97 Å². The van der Waals surface area contributed by atoms with E-state index in [1.807, 2.05) is 30.3 Å². The SMILES string of the molecule is CCc1oc(C(=O)NCC(CC)c2ccccc2)cc1C(=O)O. The van der Waals surface area contributed by atoms with Crippen LogP contribution in [-0.2, 0) is 6.42 Å². The zero-order valence-corrected chi connectivity index (χ0v) is 13.3. The summed E-state index contributed by atoms with van der Waals surface area (Å²) in [5.74, 6) is -0.901. The molecular formula is C18H21NO4. The number of rotatable bonds is 7. The molecule has 0 aliphatic carbocycles. The van der Waals surface area contributed by atoms with Gasteiger partial charge < -0.3 is 14.8 Å². The molecule has 1 atom stereocenters. The molecule has 1 heterocycles. The van der Waals surface area contributed by atoms with E-state index in [1.165, 1.54) is 6.07 Å². The summed E-state index contributed by atoms with van der Waals surface area (Å²) in [5.41, 5.74) is 1.21. The Hall–Kier alpha value is -2.56. The third kappa shape index (κ3) is 4.00. The number of carbonyl (C=O) groups excluding carboxylic acids is 1. The van der Waals surface area contributed by atoms with Crippen LogP contribution >= 0.6 is 0 Å². The minimum Gasteiger partial charge on any atom is -0.478 e. The molecule has 0 fully saturated rings. The second kappa shape index (κ2) is 7.63. The first-order valence-corrected chi connectivity index (χ1v) is 7.75. The van der Waals surface area contributed by atoms with Gasteiger partial charge in [-0.05, 0) is 12.0 Å². The van der Waals surface area contributed by atoms with Crippen molar-refractivity contribution in [3.8, 4) is 0 Å². The monoisotopic (exact) mass is 315 g/mol. The van der Waals surface area contributed by atoms with Crippen LogP contribution in [0.1, 0.15) is 58.4 Å². The van der Waals surface area contributed by atoms with E-state index in [9.17, 15) is 9.59 Å². The first-order chi connectivity index (χ1) is 11.1. The molecule has 2 rings (SSSR count). The van der Waals surface area contributed by atoms with Crippen LogP contribution in [0.3, 0.4) is 0 Å². The molecule has 2 aromatic rings. The normalized spacial score (nSPS) is 11.9. The molecule has 0 saturated heterocycles. The van der Waals surface area contributed by atoms with Crippen molar-refractivity contribution in [3.05, 3.63) is 59.0 Å². The highest BCUT2D eigenvalue weighted by Crippen LogP contribution is 2.19. The van der Waals surface area contributed by atoms with Crippen LogP contribution in [0, 0.1) is 0 Å². The van der Waals surface area contributed by atoms with Gasteiger partial charge >= 0.3 is 5.97 Å². The number of hydrogen-bond acceptors (Lipinski definition) is 3. The van der Waals surface area contributed by atoms with E-state index in [0.717, 1.165) is 12.0 Å². The molecule has 1 aromatic heterocycles. The van der Waals surface area contributed by atoms with Gasteiger partial charge in [0.2, 0.25) is 0 Å². The predicted octanol–water partition coefficient (Wildman–Crippen LogP) is 3.46. The molecule has 0 spiro atoms. The first-order valence-electron chi connectivity index (χ1n) is 7.75. The van der Waals surface area contributed by atoms with Gasteiger partial charge in [-0.2, -0.15) is 0 Å². The summed E-state index contributed by atoms with van der Waals surface area (Å²) in [4.78, 5) is 23.3. The van der Waals surface area contributed by atoms with E-state index >= 15 is 0 Å². The maximum atomic E-state index is 12.2. The number of aryl methyl sites for hydroxylation is 1. The van der Waals surface area contributed by atoms with Crippen LogP contribution in [-0.4, -0.2) is 23.5 Å². The van der Waals surface area contributed by atoms with Gasteiger partial charge in [-0.3, -0.25) is 4.79 Å². The van der Waals surface area contributed by atoms with Gasteiger partial charge in [0.1, 0.15) is 11.3 Å². The summed E-state index contributed by atoms with van der Waals surface area (Å²) in [6.07, 6.45) is 1.32. The lowest BCUT2D eigenvalue weighted by atomic mass is 9.96. The summed E-state index contributed by atoms with van der Waals surface area (Å²) in [7, 11) is 0. The highest BCUT2D eigenvalue weighted by molar-refractivity contribution is 5.96. The molecule has 122 valence electrons. The number of hydrogen-bond donors (Lipinski definition) is 2. The van der Waals surface area contributed by atoms with Crippen LogP contribution in [0.25, 0.3) is 0 Å². The Morgan fingerprint density at radius 1 is 1.22 bits per heavy atom. The third-order valence-corrected chi connectivity index (χ3v) is 3.86. The maximum Gasteiger partial charge on any atom is 0.339 e. The number of benzene rings is 1. The minimum absolute atomic E-state index is 0.0437. The standard InChI is InChI=1S/C18H21NO4/c1-3-12(13-8-6-5-7-9-13)11-19-17(20)16-10-14(18(21)22)15(4-2)23-16/h5-10,12H,3-4,11H2,1-2H3,(H,19,20)(H,21,22). The first kappa shape index (κ1) is 16.8. The Balaban J connectivity index is 2.06. The summed E-state index contributed by atoms with van der Waals surface area (Å²) < 4.78 is 5.37. The number of amides is 1. The number of carboxylic acids is 1. The molecule has 1 aromatic carbocycles. The summed E-state index contributed by atoms with van der Waals surface area (Å²) >= 11 is 0.